The molecule has 0 fully saturated rings. The molecule has 0 bridgehead atoms. The third kappa shape index (κ3) is 1.08. The molecule has 0 aromatic carbocycles. The Morgan fingerprint density at radius 1 is 1.43 bits per heavy atom. The van der Waals surface area contributed by atoms with Crippen LogP contribution >= 0.6 is 0 Å². The van der Waals surface area contributed by atoms with E-state index >= 15 is 0 Å². The average Bonchev–Trinajstić information content (AvgIpc) is 2.59. The van der Waals surface area contributed by atoms with Crippen LogP contribution in [0, 0.1) is 0 Å². The minimum absolute atomic E-state index is 0.289. The Hall–Kier alpha value is -1.25. The highest BCUT2D eigenvalue weighted by molar-refractivity contribution is 5.55. The molecule has 0 saturated heterocycles. The lowest BCUT2D eigenvalue weighted by molar-refractivity contribution is 0.254. The molecule has 0 amide bonds. The number of hydrogen-bond donors (Lipinski definition) is 1. The summed E-state index contributed by atoms with van der Waals surface area (Å²) in [7, 11) is 0. The van der Waals surface area contributed by atoms with Gasteiger partial charge in [-0.2, -0.15) is 0 Å². The number of fused-ring (bicyclic) bond motifs is 2. The van der Waals surface area contributed by atoms with Gasteiger partial charge in [0.25, 0.3) is 0 Å². The van der Waals surface area contributed by atoms with Gasteiger partial charge in [0.2, 0.25) is 0 Å². The van der Waals surface area contributed by atoms with Crippen LogP contribution in [0.1, 0.15) is 25.1 Å². The fraction of sp³-hybridized carbons (Fsp3) is 0.545. The number of anilines is 1. The maximum absolute atomic E-state index is 5.68. The molecule has 3 rings (SSSR count). The van der Waals surface area contributed by atoms with Gasteiger partial charge in [0.1, 0.15) is 17.7 Å². The highest BCUT2D eigenvalue weighted by Crippen LogP contribution is 2.34. The van der Waals surface area contributed by atoms with E-state index in [2.05, 4.69) is 30.2 Å². The lowest BCUT2D eigenvalue weighted by Gasteiger charge is -2.03. The standard InChI is InChI=1S/C11H14N2O/c1-6-3-8-5-10-9(4-7(2)14-10)13-11(8)12-6/h5-7H,3-4H2,1-2H3,(H,12,13). The van der Waals surface area contributed by atoms with Crippen molar-refractivity contribution in [1.29, 1.82) is 0 Å². The number of pyridine rings is 1. The van der Waals surface area contributed by atoms with E-state index in [9.17, 15) is 0 Å². The number of nitrogens with zero attached hydrogens (tertiary/aromatic N) is 1. The summed E-state index contributed by atoms with van der Waals surface area (Å²) in [5.74, 6) is 2.06. The predicted molar refractivity (Wildman–Crippen MR) is 54.8 cm³/mol. The number of aromatic nitrogens is 1. The first-order valence-electron chi connectivity index (χ1n) is 5.18. The van der Waals surface area contributed by atoms with Gasteiger partial charge in [0.05, 0.1) is 5.69 Å². The lowest BCUT2D eigenvalue weighted by Crippen LogP contribution is -2.09. The normalized spacial score (nSPS) is 27.9. The highest BCUT2D eigenvalue weighted by atomic mass is 16.5. The van der Waals surface area contributed by atoms with Gasteiger partial charge < -0.3 is 10.1 Å². The van der Waals surface area contributed by atoms with Gasteiger partial charge >= 0.3 is 0 Å². The fourth-order valence-electron chi connectivity index (χ4n) is 2.25. The average molecular weight is 190 g/mol. The van der Waals surface area contributed by atoms with Crippen LogP contribution in [0.25, 0.3) is 0 Å². The first-order valence-corrected chi connectivity index (χ1v) is 5.18. The maximum Gasteiger partial charge on any atom is 0.141 e. The zero-order chi connectivity index (χ0) is 9.71. The molecule has 1 aromatic heterocycles. The Bertz CT molecular complexity index is 321. The Balaban J connectivity index is 2.05. The minimum atomic E-state index is 0.289. The van der Waals surface area contributed by atoms with Crippen molar-refractivity contribution >= 4 is 5.82 Å². The molecule has 3 nitrogen and oxygen atoms in total. The van der Waals surface area contributed by atoms with E-state index in [1.807, 2.05) is 0 Å². The Morgan fingerprint density at radius 3 is 3.14 bits per heavy atom. The molecule has 3 heterocycles. The van der Waals surface area contributed by atoms with Crippen molar-refractivity contribution in [2.45, 2.75) is 38.8 Å². The summed E-state index contributed by atoms with van der Waals surface area (Å²) in [4.78, 5) is 4.60. The largest absolute Gasteiger partial charge is 0.488 e. The molecule has 2 unspecified atom stereocenters. The SMILES string of the molecule is CC1Cc2cc3c(nc2N1)CC(C)O3. The van der Waals surface area contributed by atoms with E-state index in [-0.39, 0.29) is 6.10 Å². The first kappa shape index (κ1) is 8.09. The number of nitrogens with one attached hydrogen (secondary N) is 1. The molecule has 1 aromatic rings. The summed E-state index contributed by atoms with van der Waals surface area (Å²) in [6.45, 7) is 4.26. The molecule has 2 aliphatic rings. The second kappa shape index (κ2) is 2.62. The van der Waals surface area contributed by atoms with Crippen LogP contribution in [0.2, 0.25) is 0 Å². The molecular formula is C11H14N2O. The van der Waals surface area contributed by atoms with Gasteiger partial charge in [-0.05, 0) is 26.3 Å². The molecule has 3 heteroatoms. The Labute approximate surface area is 83.5 Å². The summed E-state index contributed by atoms with van der Waals surface area (Å²) in [6, 6.07) is 2.66. The van der Waals surface area contributed by atoms with E-state index in [1.54, 1.807) is 0 Å². The summed E-state index contributed by atoms with van der Waals surface area (Å²) in [5, 5.41) is 3.38. The minimum Gasteiger partial charge on any atom is -0.488 e. The quantitative estimate of drug-likeness (QED) is 0.677. The summed E-state index contributed by atoms with van der Waals surface area (Å²) in [6.07, 6.45) is 2.30. The van der Waals surface area contributed by atoms with Gasteiger partial charge in [-0.25, -0.2) is 4.98 Å². The van der Waals surface area contributed by atoms with Gasteiger partial charge in [-0.1, -0.05) is 0 Å². The summed E-state index contributed by atoms with van der Waals surface area (Å²) >= 11 is 0. The van der Waals surface area contributed by atoms with Crippen LogP contribution in [-0.2, 0) is 12.8 Å². The molecule has 2 aliphatic heterocycles. The van der Waals surface area contributed by atoms with Gasteiger partial charge in [-0.3, -0.25) is 0 Å². The molecule has 2 atom stereocenters. The van der Waals surface area contributed by atoms with Crippen molar-refractivity contribution in [1.82, 2.24) is 4.98 Å². The molecule has 0 spiro atoms. The van der Waals surface area contributed by atoms with Crippen molar-refractivity contribution in [3.05, 3.63) is 17.3 Å². The Morgan fingerprint density at radius 2 is 2.29 bits per heavy atom. The van der Waals surface area contributed by atoms with Crippen LogP contribution in [0.3, 0.4) is 0 Å². The third-order valence-electron chi connectivity index (χ3n) is 2.86. The predicted octanol–water partition coefficient (Wildman–Crippen LogP) is 1.76. The zero-order valence-electron chi connectivity index (χ0n) is 8.50. The molecule has 14 heavy (non-hydrogen) atoms. The van der Waals surface area contributed by atoms with Crippen molar-refractivity contribution in [2.75, 3.05) is 5.32 Å². The molecule has 0 saturated carbocycles. The smallest absolute Gasteiger partial charge is 0.141 e. The van der Waals surface area contributed by atoms with E-state index in [1.165, 1.54) is 5.56 Å². The van der Waals surface area contributed by atoms with Crippen molar-refractivity contribution < 1.29 is 4.74 Å². The first-order chi connectivity index (χ1) is 6.72. The van der Waals surface area contributed by atoms with E-state index in [4.69, 9.17) is 4.74 Å². The van der Waals surface area contributed by atoms with Crippen LogP contribution in [0.4, 0.5) is 5.82 Å². The second-order valence-corrected chi connectivity index (χ2v) is 4.32. The molecular weight excluding hydrogens is 176 g/mol. The van der Waals surface area contributed by atoms with Crippen molar-refractivity contribution in [3.63, 3.8) is 0 Å². The summed E-state index contributed by atoms with van der Waals surface area (Å²) in [5.41, 5.74) is 2.41. The topological polar surface area (TPSA) is 34.2 Å². The number of ether oxygens (including phenoxy) is 1. The van der Waals surface area contributed by atoms with Gasteiger partial charge in [-0.15, -0.1) is 0 Å². The zero-order valence-corrected chi connectivity index (χ0v) is 8.50. The number of hydrogen-bond acceptors (Lipinski definition) is 3. The number of rotatable bonds is 0. The van der Waals surface area contributed by atoms with Crippen molar-refractivity contribution in [3.8, 4) is 5.75 Å². The highest BCUT2D eigenvalue weighted by Gasteiger charge is 2.26. The molecule has 1 N–H and O–H groups in total. The molecule has 0 radical (unpaired) electrons. The van der Waals surface area contributed by atoms with Crippen LogP contribution in [-0.4, -0.2) is 17.1 Å². The molecule has 0 aliphatic carbocycles. The monoisotopic (exact) mass is 190 g/mol. The third-order valence-corrected chi connectivity index (χ3v) is 2.86. The Kier molecular flexibility index (Phi) is 1.52. The van der Waals surface area contributed by atoms with E-state index in [0.29, 0.717) is 6.04 Å². The van der Waals surface area contributed by atoms with Crippen LogP contribution in [0.15, 0.2) is 6.07 Å². The van der Waals surface area contributed by atoms with Gasteiger partial charge in [0, 0.05) is 18.0 Å². The second-order valence-electron chi connectivity index (χ2n) is 4.32. The van der Waals surface area contributed by atoms with Crippen molar-refractivity contribution in [2.24, 2.45) is 0 Å². The van der Waals surface area contributed by atoms with Gasteiger partial charge in [0.15, 0.2) is 0 Å². The van der Waals surface area contributed by atoms with Crippen LogP contribution in [0.5, 0.6) is 5.75 Å². The van der Waals surface area contributed by atoms with E-state index in [0.717, 1.165) is 30.1 Å². The van der Waals surface area contributed by atoms with E-state index < -0.39 is 0 Å². The summed E-state index contributed by atoms with van der Waals surface area (Å²) < 4.78 is 5.68. The molecule has 74 valence electrons. The van der Waals surface area contributed by atoms with Crippen LogP contribution < -0.4 is 10.1 Å². The maximum atomic E-state index is 5.68. The fourth-order valence-corrected chi connectivity index (χ4v) is 2.25. The lowest BCUT2D eigenvalue weighted by atomic mass is 10.1.